The van der Waals surface area contributed by atoms with Crippen molar-refractivity contribution in [1.29, 1.82) is 0 Å². The third-order valence-electron chi connectivity index (χ3n) is 7.74. The quantitative estimate of drug-likeness (QED) is 0.292. The van der Waals surface area contributed by atoms with E-state index in [1.165, 1.54) is 27.8 Å². The van der Waals surface area contributed by atoms with Crippen molar-refractivity contribution in [3.63, 3.8) is 0 Å². The van der Waals surface area contributed by atoms with E-state index in [9.17, 15) is 4.79 Å². The van der Waals surface area contributed by atoms with Crippen LogP contribution in [-0.4, -0.2) is 27.2 Å². The molecule has 5 rings (SSSR count). The number of aryl methyl sites for hydroxylation is 4. The van der Waals surface area contributed by atoms with Gasteiger partial charge in [0.05, 0.1) is 18.7 Å². The van der Waals surface area contributed by atoms with Crippen LogP contribution in [0, 0.1) is 20.8 Å². The summed E-state index contributed by atoms with van der Waals surface area (Å²) in [4.78, 5) is 16.0. The van der Waals surface area contributed by atoms with Crippen molar-refractivity contribution in [2.45, 2.75) is 52.4 Å². The van der Waals surface area contributed by atoms with Crippen molar-refractivity contribution in [3.8, 4) is 28.3 Å². The van der Waals surface area contributed by atoms with Gasteiger partial charge in [-0.15, -0.1) is 0 Å². The van der Waals surface area contributed by atoms with Crippen molar-refractivity contribution in [3.05, 3.63) is 94.3 Å². The number of benzene rings is 3. The first-order valence-corrected chi connectivity index (χ1v) is 13.0. The third kappa shape index (κ3) is 5.17. The van der Waals surface area contributed by atoms with Gasteiger partial charge in [-0.25, -0.2) is 4.98 Å². The number of imidazole rings is 1. The first-order chi connectivity index (χ1) is 17.8. The monoisotopic (exact) mass is 494 g/mol. The minimum absolute atomic E-state index is 0.118. The smallest absolute Gasteiger partial charge is 0.303 e. The number of nitrogens with zero attached hydrogens (tertiary/aromatic N) is 2. The van der Waals surface area contributed by atoms with Crippen LogP contribution < -0.4 is 4.74 Å². The summed E-state index contributed by atoms with van der Waals surface area (Å²) in [7, 11) is 2.07. The molecule has 5 nitrogen and oxygen atoms in total. The van der Waals surface area contributed by atoms with Crippen molar-refractivity contribution in [2.24, 2.45) is 7.05 Å². The molecule has 0 amide bonds. The molecule has 0 fully saturated rings. The molecule has 0 aliphatic heterocycles. The highest BCUT2D eigenvalue weighted by atomic mass is 16.5. The number of hydrogen-bond acceptors (Lipinski definition) is 3. The molecule has 190 valence electrons. The van der Waals surface area contributed by atoms with Crippen LogP contribution in [0.25, 0.3) is 22.5 Å². The molecule has 0 radical (unpaired) electrons. The van der Waals surface area contributed by atoms with Crippen LogP contribution in [-0.2, 0) is 24.7 Å². The van der Waals surface area contributed by atoms with Crippen LogP contribution in [0.4, 0.5) is 0 Å². The van der Waals surface area contributed by atoms with Crippen LogP contribution in [0.2, 0.25) is 0 Å². The molecule has 1 unspecified atom stereocenters. The lowest BCUT2D eigenvalue weighted by Gasteiger charge is -2.12. The summed E-state index contributed by atoms with van der Waals surface area (Å²) in [5.74, 6) is 1.19. The second kappa shape index (κ2) is 10.3. The number of carbonyl (C=O) groups is 1. The maximum atomic E-state index is 11.1. The molecule has 1 N–H and O–H groups in total. The van der Waals surface area contributed by atoms with Gasteiger partial charge in [0.25, 0.3) is 0 Å². The maximum Gasteiger partial charge on any atom is 0.303 e. The van der Waals surface area contributed by atoms with Crippen LogP contribution in [0.5, 0.6) is 5.75 Å². The summed E-state index contributed by atoms with van der Waals surface area (Å²) in [5.41, 5.74) is 10.7. The Kier molecular flexibility index (Phi) is 6.88. The Morgan fingerprint density at radius 1 is 0.973 bits per heavy atom. The summed E-state index contributed by atoms with van der Waals surface area (Å²) in [6.45, 7) is 6.90. The molecular weight excluding hydrogens is 460 g/mol. The number of aliphatic carboxylic acids is 1. The highest BCUT2D eigenvalue weighted by Gasteiger charge is 2.25. The van der Waals surface area contributed by atoms with Gasteiger partial charge in [0, 0.05) is 24.7 Å². The molecule has 5 heteroatoms. The standard InChI is InChI=1S/C32H34N2O3/c1-20-5-6-25(17-21(20)2)23-7-9-24(10-8-23)32-33-22(3)30(34(32)4)15-16-37-28-13-14-29-26(18-28)11-12-27(29)19-31(35)36/h5-10,13-14,17-18,27H,11-12,15-16,19H2,1-4H3,(H,35,36). The zero-order valence-electron chi connectivity index (χ0n) is 22.0. The average Bonchev–Trinajstić information content (AvgIpc) is 3.40. The Hall–Kier alpha value is -3.86. The fraction of sp³-hybridized carbons (Fsp3) is 0.312. The first-order valence-electron chi connectivity index (χ1n) is 13.0. The van der Waals surface area contributed by atoms with Gasteiger partial charge < -0.3 is 14.4 Å². The fourth-order valence-electron chi connectivity index (χ4n) is 5.47. The van der Waals surface area contributed by atoms with Gasteiger partial charge in [0.1, 0.15) is 11.6 Å². The molecule has 3 aromatic carbocycles. The Bertz CT molecular complexity index is 1450. The molecule has 4 aromatic rings. The zero-order chi connectivity index (χ0) is 26.1. The lowest BCUT2D eigenvalue weighted by Crippen LogP contribution is -2.07. The number of rotatable bonds is 8. The minimum atomic E-state index is -0.735. The Morgan fingerprint density at radius 3 is 2.43 bits per heavy atom. The van der Waals surface area contributed by atoms with E-state index in [0.29, 0.717) is 6.61 Å². The van der Waals surface area contributed by atoms with E-state index in [1.807, 2.05) is 12.1 Å². The van der Waals surface area contributed by atoms with Crippen molar-refractivity contribution >= 4 is 5.97 Å². The van der Waals surface area contributed by atoms with Crippen LogP contribution in [0.3, 0.4) is 0 Å². The first kappa shape index (κ1) is 24.8. The zero-order valence-corrected chi connectivity index (χ0v) is 22.0. The summed E-state index contributed by atoms with van der Waals surface area (Å²) in [5, 5.41) is 9.14. The Morgan fingerprint density at radius 2 is 1.70 bits per heavy atom. The molecule has 0 bridgehead atoms. The van der Waals surface area contributed by atoms with E-state index in [0.717, 1.165) is 53.4 Å². The second-order valence-electron chi connectivity index (χ2n) is 10.2. The lowest BCUT2D eigenvalue weighted by molar-refractivity contribution is -0.137. The molecule has 37 heavy (non-hydrogen) atoms. The number of aromatic nitrogens is 2. The predicted molar refractivity (Wildman–Crippen MR) is 147 cm³/mol. The highest BCUT2D eigenvalue weighted by molar-refractivity contribution is 5.69. The molecule has 1 aromatic heterocycles. The number of carboxylic acid groups (broad SMARTS) is 1. The van der Waals surface area contributed by atoms with Gasteiger partial charge in [-0.3, -0.25) is 4.79 Å². The Labute approximate surface area is 218 Å². The molecule has 0 saturated carbocycles. The SMILES string of the molecule is Cc1ccc(-c2ccc(-c3nc(C)c(CCOc4ccc5c(c4)CCC5CC(=O)O)n3C)cc2)cc1C. The van der Waals surface area contributed by atoms with E-state index in [2.05, 4.69) is 80.9 Å². The number of hydrogen-bond donors (Lipinski definition) is 1. The van der Waals surface area contributed by atoms with Crippen molar-refractivity contribution in [1.82, 2.24) is 9.55 Å². The number of carboxylic acids is 1. The topological polar surface area (TPSA) is 64.3 Å². The summed E-state index contributed by atoms with van der Waals surface area (Å²) in [6.07, 6.45) is 2.77. The van der Waals surface area contributed by atoms with Gasteiger partial charge >= 0.3 is 5.97 Å². The molecule has 0 spiro atoms. The maximum absolute atomic E-state index is 11.1. The van der Waals surface area contributed by atoms with Gasteiger partial charge in [0.2, 0.25) is 0 Å². The third-order valence-corrected chi connectivity index (χ3v) is 7.74. The molecule has 0 saturated heterocycles. The van der Waals surface area contributed by atoms with E-state index >= 15 is 0 Å². The highest BCUT2D eigenvalue weighted by Crippen LogP contribution is 2.37. The normalized spacial score (nSPS) is 14.5. The molecular formula is C32H34N2O3. The molecule has 1 heterocycles. The average molecular weight is 495 g/mol. The van der Waals surface area contributed by atoms with E-state index in [4.69, 9.17) is 14.8 Å². The van der Waals surface area contributed by atoms with E-state index < -0.39 is 5.97 Å². The number of ether oxygens (including phenoxy) is 1. The summed E-state index contributed by atoms with van der Waals surface area (Å²) in [6, 6.07) is 21.3. The van der Waals surface area contributed by atoms with Gasteiger partial charge in [0.15, 0.2) is 0 Å². The van der Waals surface area contributed by atoms with Crippen molar-refractivity contribution < 1.29 is 14.6 Å². The van der Waals surface area contributed by atoms with Gasteiger partial charge in [-0.1, -0.05) is 48.5 Å². The molecule has 1 aliphatic rings. The van der Waals surface area contributed by atoms with Gasteiger partial charge in [-0.2, -0.15) is 0 Å². The summed E-state index contributed by atoms with van der Waals surface area (Å²) < 4.78 is 8.27. The largest absolute Gasteiger partial charge is 0.493 e. The van der Waals surface area contributed by atoms with Crippen LogP contribution in [0.1, 0.15) is 52.4 Å². The van der Waals surface area contributed by atoms with Crippen LogP contribution in [0.15, 0.2) is 60.7 Å². The molecule has 1 aliphatic carbocycles. The molecule has 1 atom stereocenters. The van der Waals surface area contributed by atoms with E-state index in [-0.39, 0.29) is 12.3 Å². The minimum Gasteiger partial charge on any atom is -0.493 e. The lowest BCUT2D eigenvalue weighted by atomic mass is 9.98. The second-order valence-corrected chi connectivity index (χ2v) is 10.2. The van der Waals surface area contributed by atoms with Crippen LogP contribution >= 0.6 is 0 Å². The number of fused-ring (bicyclic) bond motifs is 1. The Balaban J connectivity index is 1.25. The predicted octanol–water partition coefficient (Wildman–Crippen LogP) is 6.81. The van der Waals surface area contributed by atoms with E-state index in [1.54, 1.807) is 0 Å². The van der Waals surface area contributed by atoms with Crippen molar-refractivity contribution in [2.75, 3.05) is 6.61 Å². The fourth-order valence-corrected chi connectivity index (χ4v) is 5.47. The van der Waals surface area contributed by atoms with Gasteiger partial charge in [-0.05, 0) is 85.0 Å². The summed E-state index contributed by atoms with van der Waals surface area (Å²) >= 11 is 0.